The summed E-state index contributed by atoms with van der Waals surface area (Å²) < 4.78 is 0. The van der Waals surface area contributed by atoms with Gasteiger partial charge in [-0.25, -0.2) is 0 Å². The van der Waals surface area contributed by atoms with E-state index in [4.69, 9.17) is 24.4 Å². The Morgan fingerprint density at radius 2 is 0.690 bits per heavy atom. The first-order valence-electron chi connectivity index (χ1n) is 13.8. The Hall–Kier alpha value is -3.56. The van der Waals surface area contributed by atoms with Crippen molar-refractivity contribution in [2.75, 3.05) is 13.1 Å². The van der Waals surface area contributed by atoms with E-state index in [1.807, 2.05) is 13.8 Å². The van der Waals surface area contributed by atoms with Crippen LogP contribution >= 0.6 is 48.0 Å². The van der Waals surface area contributed by atoms with Gasteiger partial charge in [-0.1, -0.05) is 97.2 Å². The quantitative estimate of drug-likeness (QED) is 0.0831. The third kappa shape index (κ3) is 3.49. The van der Waals surface area contributed by atoms with Gasteiger partial charge in [0, 0.05) is 13.1 Å². The molecule has 0 N–H and O–H groups in total. The predicted molar refractivity (Wildman–Crippen MR) is 188 cm³/mol. The second-order valence-electron chi connectivity index (χ2n) is 10.5. The van der Waals surface area contributed by atoms with Gasteiger partial charge >= 0.3 is 0 Å². The first-order valence-corrected chi connectivity index (χ1v) is 16.2. The van der Waals surface area contributed by atoms with Gasteiger partial charge in [-0.15, -0.1) is 0 Å². The molecule has 2 saturated heterocycles. The molecule has 204 valence electrons. The maximum atomic E-state index is 11.7. The third-order valence-corrected chi connectivity index (χ3v) is 11.7. The van der Waals surface area contributed by atoms with E-state index in [0.717, 1.165) is 23.5 Å². The second kappa shape index (κ2) is 9.47. The van der Waals surface area contributed by atoms with Gasteiger partial charge in [0.2, 0.25) is 0 Å². The monoisotopic (exact) mass is 618 g/mol. The number of rotatable bonds is 2. The van der Waals surface area contributed by atoms with E-state index < -0.39 is 0 Å². The zero-order chi connectivity index (χ0) is 28.9. The Morgan fingerprint density at radius 3 is 0.857 bits per heavy atom. The summed E-state index contributed by atoms with van der Waals surface area (Å²) in [5, 5.41) is 16.5. The lowest BCUT2D eigenvalue weighted by molar-refractivity contribution is 0.246. The largest absolute Gasteiger partial charge is 0.293 e. The Bertz CT molecular complexity index is 1890. The zero-order valence-electron chi connectivity index (χ0n) is 22.7. The molecule has 2 aliphatic rings. The van der Waals surface area contributed by atoms with Crippen LogP contribution in [0.2, 0.25) is 0 Å². The summed E-state index contributed by atoms with van der Waals surface area (Å²) in [6.45, 7) is 4.79. The lowest BCUT2D eigenvalue weighted by Crippen LogP contribution is -2.28. The van der Waals surface area contributed by atoms with Gasteiger partial charge in [-0.3, -0.25) is 19.4 Å². The predicted octanol–water partition coefficient (Wildman–Crippen LogP) is 10.1. The summed E-state index contributed by atoms with van der Waals surface area (Å²) in [6, 6.07) is 27.3. The summed E-state index contributed by atoms with van der Waals surface area (Å²) in [5.41, 5.74) is 0. The highest BCUT2D eigenvalue weighted by Gasteiger charge is 2.39. The molecular formula is C34H22N2O2S4. The van der Waals surface area contributed by atoms with Crippen molar-refractivity contribution < 1.29 is 9.59 Å². The van der Waals surface area contributed by atoms with Crippen molar-refractivity contribution in [3.05, 3.63) is 82.6 Å². The van der Waals surface area contributed by atoms with Crippen molar-refractivity contribution in [3.8, 4) is 0 Å². The molecule has 2 aliphatic heterocycles. The van der Waals surface area contributed by atoms with Crippen molar-refractivity contribution in [1.82, 2.24) is 9.80 Å². The van der Waals surface area contributed by atoms with Crippen LogP contribution in [0.15, 0.2) is 82.6 Å². The number of nitrogens with zero attached hydrogens (tertiary/aromatic N) is 2. The van der Waals surface area contributed by atoms with Crippen molar-refractivity contribution in [2.24, 2.45) is 0 Å². The normalized spacial score (nSPS) is 18.0. The summed E-state index contributed by atoms with van der Waals surface area (Å²) >= 11 is 12.6. The molecule has 2 amide bonds. The lowest BCUT2D eigenvalue weighted by atomic mass is 9.83. The van der Waals surface area contributed by atoms with Crippen LogP contribution in [0.1, 0.15) is 13.8 Å². The molecule has 8 heteroatoms. The number of likely N-dealkylation sites (N-methyl/N-ethyl adjacent to an activating group) is 2. The molecule has 0 aliphatic carbocycles. The fourth-order valence-electron chi connectivity index (χ4n) is 6.51. The molecule has 0 atom stereocenters. The van der Waals surface area contributed by atoms with Crippen LogP contribution in [0.25, 0.3) is 64.6 Å². The second-order valence-corrected chi connectivity index (χ2v) is 13.2. The molecule has 9 rings (SSSR count). The number of thiocarbonyl (C=S) groups is 2. The van der Waals surface area contributed by atoms with Crippen LogP contribution in [0.3, 0.4) is 0 Å². The van der Waals surface area contributed by atoms with Crippen LogP contribution in [0.5, 0.6) is 0 Å². The van der Waals surface area contributed by atoms with E-state index in [9.17, 15) is 9.59 Å². The highest BCUT2D eigenvalue weighted by atomic mass is 32.2. The molecule has 7 aromatic rings. The minimum Gasteiger partial charge on any atom is -0.293 e. The van der Waals surface area contributed by atoms with Gasteiger partial charge in [-0.2, -0.15) is 0 Å². The molecule has 42 heavy (non-hydrogen) atoms. The van der Waals surface area contributed by atoms with Gasteiger partial charge in [0.1, 0.15) is 9.98 Å². The molecule has 0 aromatic heterocycles. The van der Waals surface area contributed by atoms with Crippen LogP contribution in [-0.4, -0.2) is 43.3 Å². The molecule has 0 saturated carbocycles. The smallest absolute Gasteiger partial charge is 0.291 e. The molecule has 7 aromatic carbocycles. The molecule has 2 heterocycles. The van der Waals surface area contributed by atoms with Crippen LogP contribution in [0, 0.1) is 0 Å². The fraction of sp³-hybridized carbons (Fsp3) is 0.118. The van der Waals surface area contributed by atoms with Crippen molar-refractivity contribution >= 4 is 133 Å². The Balaban J connectivity index is 0.000000134. The first-order chi connectivity index (χ1) is 20.4. The summed E-state index contributed by atoms with van der Waals surface area (Å²) in [7, 11) is 0. The Morgan fingerprint density at radius 1 is 0.476 bits per heavy atom. The Labute approximate surface area is 260 Å². The van der Waals surface area contributed by atoms with E-state index >= 15 is 0 Å². The first kappa shape index (κ1) is 26.1. The highest BCUT2D eigenvalue weighted by molar-refractivity contribution is 8.23. The van der Waals surface area contributed by atoms with Crippen molar-refractivity contribution in [3.63, 3.8) is 0 Å². The number of thioether (sulfide) groups is 2. The summed E-state index contributed by atoms with van der Waals surface area (Å²) in [4.78, 5) is 28.8. The number of benzene rings is 7. The average molecular weight is 619 g/mol. The average Bonchev–Trinajstić information content (AvgIpc) is 3.47. The molecule has 0 unspecified atom stereocenters. The van der Waals surface area contributed by atoms with Gasteiger partial charge in [0.25, 0.3) is 10.5 Å². The molecule has 0 spiro atoms. The van der Waals surface area contributed by atoms with E-state index in [-0.39, 0.29) is 10.5 Å². The van der Waals surface area contributed by atoms with E-state index in [1.54, 1.807) is 0 Å². The lowest BCUT2D eigenvalue weighted by Gasteiger charge is -2.20. The van der Waals surface area contributed by atoms with E-state index in [0.29, 0.717) is 32.9 Å². The Kier molecular flexibility index (Phi) is 5.89. The maximum absolute atomic E-state index is 11.7. The number of carbonyl (C=O) groups excluding carboxylic acids is 2. The van der Waals surface area contributed by atoms with E-state index in [1.165, 1.54) is 74.4 Å². The molecule has 2 fully saturated rings. The molecule has 4 nitrogen and oxygen atoms in total. The van der Waals surface area contributed by atoms with Crippen LogP contribution in [-0.2, 0) is 0 Å². The number of hydrogen-bond donors (Lipinski definition) is 0. The molecule has 0 bridgehead atoms. The van der Waals surface area contributed by atoms with Crippen molar-refractivity contribution in [2.45, 2.75) is 13.8 Å². The molecule has 0 radical (unpaired) electrons. The minimum absolute atomic E-state index is 0.101. The van der Waals surface area contributed by atoms with Gasteiger partial charge < -0.3 is 0 Å². The summed E-state index contributed by atoms with van der Waals surface area (Å²) in [5.74, 6) is 0. The minimum atomic E-state index is -0.101. The van der Waals surface area contributed by atoms with E-state index in [2.05, 4.69) is 72.8 Å². The zero-order valence-corrected chi connectivity index (χ0v) is 26.0. The number of hydrogen-bond acceptors (Lipinski definition) is 6. The molecular weight excluding hydrogens is 597 g/mol. The van der Waals surface area contributed by atoms with Crippen LogP contribution in [0.4, 0.5) is 9.59 Å². The van der Waals surface area contributed by atoms with Gasteiger partial charge in [0.05, 0.1) is 9.81 Å². The fourth-order valence-corrected chi connectivity index (χ4v) is 9.67. The SMILES string of the molecule is CCN1C(=O)S/C(=C2/SC(=O)N(CC)C2=S)C1=S.c1cc2ccc3ccc4ccc5ccc6ccc1c1c2c3c4c5c61. The third-order valence-electron chi connectivity index (χ3n) is 8.42. The topological polar surface area (TPSA) is 40.6 Å². The summed E-state index contributed by atoms with van der Waals surface area (Å²) in [6.07, 6.45) is 0. The van der Waals surface area contributed by atoms with Gasteiger partial charge in [0.15, 0.2) is 0 Å². The number of amides is 2. The van der Waals surface area contributed by atoms with Gasteiger partial charge in [-0.05, 0) is 102 Å². The van der Waals surface area contributed by atoms with Crippen molar-refractivity contribution in [1.29, 1.82) is 0 Å². The van der Waals surface area contributed by atoms with Crippen LogP contribution < -0.4 is 0 Å². The number of carbonyl (C=O) groups is 2. The maximum Gasteiger partial charge on any atom is 0.291 e. The standard InChI is InChI=1S/C24H12.C10H10N2O2S4/c1-2-14-5-6-16-9-11-18-12-10-17-8-7-15-4-3-13(1)19-20(14)22(16)24(18)23(17)21(15)19;1-3-11-7(15)5(17-9(11)13)6-8(16)12(4-2)10(14)18-6/h1-12H;3-4H2,1-2H3/b;6-5+. The highest BCUT2D eigenvalue weighted by Crippen LogP contribution is 2.48.